The van der Waals surface area contributed by atoms with Gasteiger partial charge in [-0.2, -0.15) is 5.10 Å². The van der Waals surface area contributed by atoms with Crippen LogP contribution in [0.25, 0.3) is 38.1 Å². The number of rotatable bonds is 2. The summed E-state index contributed by atoms with van der Waals surface area (Å²) in [6.45, 7) is 13.7. The molecule has 2 heterocycles. The van der Waals surface area contributed by atoms with Gasteiger partial charge in [-0.25, -0.2) is 9.24 Å². The van der Waals surface area contributed by atoms with Crippen LogP contribution in [0.4, 0.5) is 10.1 Å². The van der Waals surface area contributed by atoms with E-state index in [1.54, 1.807) is 12.1 Å². The average Bonchev–Trinajstić information content (AvgIpc) is 3.15. The minimum Gasteiger partial charge on any atom is -0.302 e. The lowest BCUT2D eigenvalue weighted by Gasteiger charge is -2.26. The molecule has 154 valence electrons. The third-order valence-corrected chi connectivity index (χ3v) is 6.31. The standard InChI is InChI=1S/C26H23FN4/c1-15-6-5-7-22(27)25(15)20-12-21-24(13-23(20)28-3)29-30-26(21)17-10-16(2)19-8-9-31(4)14-18(19)11-17/h5-7,10-13H,8-9,14H2,1-2,4H3,(H,29,30). The van der Waals surface area contributed by atoms with Gasteiger partial charge in [-0.1, -0.05) is 18.2 Å². The molecule has 0 aliphatic carbocycles. The van der Waals surface area contributed by atoms with Gasteiger partial charge in [0.15, 0.2) is 5.69 Å². The van der Waals surface area contributed by atoms with Crippen LogP contribution < -0.4 is 0 Å². The summed E-state index contributed by atoms with van der Waals surface area (Å²) in [4.78, 5) is 6.00. The first-order chi connectivity index (χ1) is 15.0. The van der Waals surface area contributed by atoms with Gasteiger partial charge in [0, 0.05) is 29.6 Å². The summed E-state index contributed by atoms with van der Waals surface area (Å²) in [5.41, 5.74) is 9.01. The van der Waals surface area contributed by atoms with Crippen LogP contribution in [0.2, 0.25) is 0 Å². The molecule has 1 aliphatic heterocycles. The maximum Gasteiger partial charge on any atom is 0.197 e. The molecule has 5 rings (SSSR count). The lowest BCUT2D eigenvalue weighted by molar-refractivity contribution is 0.312. The fourth-order valence-electron chi connectivity index (χ4n) is 4.74. The Morgan fingerprint density at radius 1 is 1.13 bits per heavy atom. The van der Waals surface area contributed by atoms with E-state index in [1.165, 1.54) is 22.8 Å². The largest absolute Gasteiger partial charge is 0.302 e. The number of aryl methyl sites for hydroxylation is 2. The Morgan fingerprint density at radius 2 is 1.97 bits per heavy atom. The van der Waals surface area contributed by atoms with Crippen molar-refractivity contribution >= 4 is 16.6 Å². The van der Waals surface area contributed by atoms with Crippen molar-refractivity contribution in [2.45, 2.75) is 26.8 Å². The van der Waals surface area contributed by atoms with E-state index in [9.17, 15) is 4.39 Å². The monoisotopic (exact) mass is 410 g/mol. The summed E-state index contributed by atoms with van der Waals surface area (Å²) in [6.07, 6.45) is 1.06. The molecule has 0 saturated carbocycles. The van der Waals surface area contributed by atoms with Crippen LogP contribution in [-0.2, 0) is 13.0 Å². The number of aromatic amines is 1. The molecule has 0 fully saturated rings. The third-order valence-electron chi connectivity index (χ3n) is 6.31. The Kier molecular flexibility index (Phi) is 4.60. The lowest BCUT2D eigenvalue weighted by Crippen LogP contribution is -2.27. The molecule has 4 nitrogen and oxygen atoms in total. The minimum absolute atomic E-state index is 0.318. The van der Waals surface area contributed by atoms with Gasteiger partial charge in [0.2, 0.25) is 0 Å². The normalized spacial score (nSPS) is 13.9. The summed E-state index contributed by atoms with van der Waals surface area (Å²) >= 11 is 0. The fourth-order valence-corrected chi connectivity index (χ4v) is 4.74. The molecule has 0 radical (unpaired) electrons. The van der Waals surface area contributed by atoms with Gasteiger partial charge in [-0.3, -0.25) is 5.10 Å². The van der Waals surface area contributed by atoms with Crippen LogP contribution in [0, 0.1) is 26.2 Å². The maximum absolute atomic E-state index is 14.7. The first-order valence-electron chi connectivity index (χ1n) is 10.4. The number of benzene rings is 3. The fraction of sp³-hybridized carbons (Fsp3) is 0.231. The summed E-state index contributed by atoms with van der Waals surface area (Å²) in [6, 6.07) is 13.1. The maximum atomic E-state index is 14.7. The number of hydrogen-bond donors (Lipinski definition) is 1. The van der Waals surface area contributed by atoms with Crippen molar-refractivity contribution in [2.24, 2.45) is 0 Å². The molecule has 31 heavy (non-hydrogen) atoms. The molecule has 0 saturated heterocycles. The zero-order chi connectivity index (χ0) is 21.7. The zero-order valence-corrected chi connectivity index (χ0v) is 17.9. The minimum atomic E-state index is -0.318. The first kappa shape index (κ1) is 19.5. The van der Waals surface area contributed by atoms with Crippen LogP contribution in [0.1, 0.15) is 22.3 Å². The lowest BCUT2D eigenvalue weighted by atomic mass is 9.91. The molecular weight excluding hydrogens is 387 g/mol. The predicted octanol–water partition coefficient (Wildman–Crippen LogP) is 6.19. The number of aromatic nitrogens is 2. The number of nitrogens with zero attached hydrogens (tertiary/aromatic N) is 3. The van der Waals surface area contributed by atoms with E-state index in [2.05, 4.69) is 46.0 Å². The van der Waals surface area contributed by atoms with Gasteiger partial charge >= 0.3 is 0 Å². The molecule has 5 heteroatoms. The van der Waals surface area contributed by atoms with E-state index >= 15 is 0 Å². The second-order valence-electron chi connectivity index (χ2n) is 8.45. The Balaban J connectivity index is 1.73. The molecule has 1 aliphatic rings. The molecule has 1 N–H and O–H groups in total. The molecule has 3 aromatic carbocycles. The van der Waals surface area contributed by atoms with Crippen LogP contribution in [0.15, 0.2) is 42.5 Å². The van der Waals surface area contributed by atoms with E-state index in [4.69, 9.17) is 6.57 Å². The Bertz CT molecular complexity index is 1360. The van der Waals surface area contributed by atoms with Gasteiger partial charge in [0.25, 0.3) is 0 Å². The van der Waals surface area contributed by atoms with Crippen LogP contribution in [-0.4, -0.2) is 28.7 Å². The average molecular weight is 410 g/mol. The number of hydrogen-bond acceptors (Lipinski definition) is 2. The van der Waals surface area contributed by atoms with Gasteiger partial charge in [0.1, 0.15) is 5.82 Å². The summed E-state index contributed by atoms with van der Waals surface area (Å²) < 4.78 is 14.7. The Morgan fingerprint density at radius 3 is 2.74 bits per heavy atom. The van der Waals surface area contributed by atoms with Crippen molar-refractivity contribution in [3.05, 3.63) is 82.0 Å². The highest BCUT2D eigenvalue weighted by Gasteiger charge is 2.20. The van der Waals surface area contributed by atoms with E-state index in [0.29, 0.717) is 16.8 Å². The highest BCUT2D eigenvalue weighted by atomic mass is 19.1. The van der Waals surface area contributed by atoms with E-state index < -0.39 is 0 Å². The number of nitrogens with one attached hydrogen (secondary N) is 1. The summed E-state index contributed by atoms with van der Waals surface area (Å²) in [5, 5.41) is 8.57. The van der Waals surface area contributed by atoms with Crippen molar-refractivity contribution < 1.29 is 4.39 Å². The van der Waals surface area contributed by atoms with E-state index in [0.717, 1.165) is 47.2 Å². The molecule has 0 bridgehead atoms. The van der Waals surface area contributed by atoms with Gasteiger partial charge in [-0.05, 0) is 79.4 Å². The third kappa shape index (κ3) is 3.20. The van der Waals surface area contributed by atoms with Crippen molar-refractivity contribution in [1.82, 2.24) is 15.1 Å². The molecule has 4 aromatic rings. The number of halogens is 1. The van der Waals surface area contributed by atoms with Gasteiger partial charge in [-0.15, -0.1) is 0 Å². The molecule has 0 amide bonds. The van der Waals surface area contributed by atoms with Crippen molar-refractivity contribution in [1.29, 1.82) is 0 Å². The number of H-pyrrole nitrogens is 1. The quantitative estimate of drug-likeness (QED) is 0.400. The number of likely N-dealkylation sites (N-methyl/N-ethyl adjacent to an activating group) is 1. The van der Waals surface area contributed by atoms with E-state index in [-0.39, 0.29) is 5.82 Å². The number of fused-ring (bicyclic) bond motifs is 2. The Labute approximate surface area is 181 Å². The van der Waals surface area contributed by atoms with Crippen molar-refractivity contribution in [3.63, 3.8) is 0 Å². The molecule has 0 unspecified atom stereocenters. The van der Waals surface area contributed by atoms with Crippen molar-refractivity contribution in [2.75, 3.05) is 13.6 Å². The van der Waals surface area contributed by atoms with Crippen LogP contribution in [0.5, 0.6) is 0 Å². The second-order valence-corrected chi connectivity index (χ2v) is 8.45. The Hall–Kier alpha value is -3.49. The second kappa shape index (κ2) is 7.33. The smallest absolute Gasteiger partial charge is 0.197 e. The van der Waals surface area contributed by atoms with Crippen LogP contribution in [0.3, 0.4) is 0 Å². The zero-order valence-electron chi connectivity index (χ0n) is 17.9. The predicted molar refractivity (Wildman–Crippen MR) is 123 cm³/mol. The van der Waals surface area contributed by atoms with E-state index in [1.807, 2.05) is 19.1 Å². The highest BCUT2D eigenvalue weighted by molar-refractivity contribution is 6.00. The summed E-state index contributed by atoms with van der Waals surface area (Å²) in [7, 11) is 2.14. The van der Waals surface area contributed by atoms with Crippen molar-refractivity contribution in [3.8, 4) is 22.4 Å². The first-order valence-corrected chi connectivity index (χ1v) is 10.4. The summed E-state index contributed by atoms with van der Waals surface area (Å²) in [5.74, 6) is -0.318. The van der Waals surface area contributed by atoms with Gasteiger partial charge in [0.05, 0.1) is 17.8 Å². The molecule has 1 aromatic heterocycles. The van der Waals surface area contributed by atoms with Crippen LogP contribution >= 0.6 is 0 Å². The molecule has 0 spiro atoms. The topological polar surface area (TPSA) is 36.3 Å². The molecule has 0 atom stereocenters. The SMILES string of the molecule is [C-]#[N+]c1cc2[nH]nc(-c3cc(C)c4c(c3)CN(C)CC4)c2cc1-c1c(C)cccc1F. The molecular formula is C26H23FN4. The van der Waals surface area contributed by atoms with Gasteiger partial charge < -0.3 is 4.90 Å². The highest BCUT2D eigenvalue weighted by Crippen LogP contribution is 2.40.